The zero-order valence-corrected chi connectivity index (χ0v) is 22.9. The molecule has 2 atom stereocenters. The summed E-state index contributed by atoms with van der Waals surface area (Å²) in [6, 6.07) is 12.9. The van der Waals surface area contributed by atoms with Gasteiger partial charge in [-0.15, -0.1) is 0 Å². The van der Waals surface area contributed by atoms with E-state index in [9.17, 15) is 13.5 Å². The van der Waals surface area contributed by atoms with E-state index in [1.54, 1.807) is 13.0 Å². The van der Waals surface area contributed by atoms with Gasteiger partial charge in [0.25, 0.3) is 0 Å². The van der Waals surface area contributed by atoms with Crippen molar-refractivity contribution in [2.75, 3.05) is 18.8 Å². The van der Waals surface area contributed by atoms with Gasteiger partial charge in [-0.1, -0.05) is 43.0 Å². The van der Waals surface area contributed by atoms with Crippen molar-refractivity contribution < 1.29 is 13.5 Å². The van der Waals surface area contributed by atoms with Crippen LogP contribution in [0.25, 0.3) is 22.3 Å². The van der Waals surface area contributed by atoms with Gasteiger partial charge in [0.1, 0.15) is 24.1 Å². The number of hydrogen-bond acceptors (Lipinski definition) is 8. The third-order valence-corrected chi connectivity index (χ3v) is 8.75. The highest BCUT2D eigenvalue weighted by atomic mass is 32.2. The molecule has 1 aliphatic heterocycles. The predicted octanol–water partition coefficient (Wildman–Crippen LogP) is 3.31. The zero-order valence-electron chi connectivity index (χ0n) is 22.1. The maximum absolute atomic E-state index is 12.9. The summed E-state index contributed by atoms with van der Waals surface area (Å²) >= 11 is 0. The van der Waals surface area contributed by atoms with Crippen LogP contribution in [-0.2, 0) is 16.6 Å². The minimum atomic E-state index is -3.66. The molecule has 0 spiro atoms. The third-order valence-electron chi connectivity index (χ3n) is 7.20. The van der Waals surface area contributed by atoms with Crippen LogP contribution in [0.2, 0.25) is 0 Å². The molecular formula is C28H33N7O3S. The number of aliphatic hydroxyl groups excluding tert-OH is 1. The van der Waals surface area contributed by atoms with Crippen molar-refractivity contribution in [2.24, 2.45) is 0 Å². The highest BCUT2D eigenvalue weighted by Gasteiger charge is 2.28. The lowest BCUT2D eigenvalue weighted by Crippen LogP contribution is -2.42. The first-order valence-electron chi connectivity index (χ1n) is 12.9. The molecule has 5 rings (SSSR count). The van der Waals surface area contributed by atoms with Crippen molar-refractivity contribution in [3.8, 4) is 11.3 Å². The van der Waals surface area contributed by atoms with Gasteiger partial charge in [0.2, 0.25) is 10.0 Å². The molecule has 2 aromatic carbocycles. The monoisotopic (exact) mass is 547 g/mol. The minimum Gasteiger partial charge on any atom is -0.383 e. The molecule has 11 heteroatoms. The number of nitrogens with one attached hydrogen (secondary N) is 1. The average molecular weight is 548 g/mol. The molecule has 4 N–H and O–H groups in total. The standard InChI is InChI=1S/C28H33N7O3S/c1-4-24(36)34-13-5-6-22(16-34)35-28-25(27(29)30-17-31-28)26(33-35)21-11-9-20(10-12-21)15-32-39(37,38)23-14-18(2)7-8-19(23)3/h4,7-12,14,17,22,24,32,36H,1,5-6,13,15-16H2,2-3H3,(H2,29,30,31). The number of piperidine rings is 1. The predicted molar refractivity (Wildman–Crippen MR) is 151 cm³/mol. The van der Waals surface area contributed by atoms with Crippen molar-refractivity contribution in [3.63, 3.8) is 0 Å². The van der Waals surface area contributed by atoms with Gasteiger partial charge in [-0.3, -0.25) is 4.90 Å². The fourth-order valence-corrected chi connectivity index (χ4v) is 6.40. The summed E-state index contributed by atoms with van der Waals surface area (Å²) in [6.45, 7) is 8.90. The molecule has 0 amide bonds. The number of nitrogens with two attached hydrogens (primary N) is 1. The Hall–Kier alpha value is -3.64. The van der Waals surface area contributed by atoms with E-state index < -0.39 is 16.3 Å². The lowest BCUT2D eigenvalue weighted by atomic mass is 10.1. The molecule has 2 unspecified atom stereocenters. The molecule has 1 aliphatic rings. The number of benzene rings is 2. The van der Waals surface area contributed by atoms with E-state index in [2.05, 4.69) is 21.3 Å². The first-order valence-corrected chi connectivity index (χ1v) is 14.4. The molecule has 0 aliphatic carbocycles. The Bertz CT molecular complexity index is 1620. The van der Waals surface area contributed by atoms with E-state index in [0.29, 0.717) is 34.7 Å². The fourth-order valence-electron chi connectivity index (χ4n) is 5.06. The average Bonchev–Trinajstić information content (AvgIpc) is 3.34. The highest BCUT2D eigenvalue weighted by Crippen LogP contribution is 2.34. The molecule has 10 nitrogen and oxygen atoms in total. The summed E-state index contributed by atoms with van der Waals surface area (Å²) in [5.41, 5.74) is 10.8. The number of rotatable bonds is 8. The van der Waals surface area contributed by atoms with E-state index in [1.165, 1.54) is 12.4 Å². The van der Waals surface area contributed by atoms with Crippen LogP contribution in [0.5, 0.6) is 0 Å². The van der Waals surface area contributed by atoms with Crippen molar-refractivity contribution >= 4 is 26.9 Å². The number of nitrogens with zero attached hydrogens (tertiary/aromatic N) is 5. The van der Waals surface area contributed by atoms with Crippen LogP contribution in [-0.4, -0.2) is 57.5 Å². The number of aliphatic hydroxyl groups is 1. The van der Waals surface area contributed by atoms with Gasteiger partial charge >= 0.3 is 0 Å². The van der Waals surface area contributed by atoms with E-state index in [4.69, 9.17) is 10.8 Å². The smallest absolute Gasteiger partial charge is 0.241 e. The number of hydrogen-bond donors (Lipinski definition) is 3. The summed E-state index contributed by atoms with van der Waals surface area (Å²) < 4.78 is 30.4. The number of aryl methyl sites for hydroxylation is 2. The Balaban J connectivity index is 1.41. The van der Waals surface area contributed by atoms with Gasteiger partial charge in [-0.2, -0.15) is 5.10 Å². The van der Waals surface area contributed by atoms with E-state index >= 15 is 0 Å². The van der Waals surface area contributed by atoms with Crippen LogP contribution >= 0.6 is 0 Å². The van der Waals surface area contributed by atoms with Crippen LogP contribution in [0, 0.1) is 13.8 Å². The van der Waals surface area contributed by atoms with Crippen LogP contribution in [0.1, 0.15) is 35.6 Å². The molecule has 3 heterocycles. The SMILES string of the molecule is C=CC(O)N1CCCC(n2nc(-c3ccc(CNS(=O)(=O)c4cc(C)ccc4C)cc3)c3c(N)ncnc32)C1. The number of fused-ring (bicyclic) bond motifs is 1. The van der Waals surface area contributed by atoms with Gasteiger partial charge in [0.15, 0.2) is 5.65 Å². The molecule has 39 heavy (non-hydrogen) atoms. The van der Waals surface area contributed by atoms with Gasteiger partial charge in [-0.05, 0) is 55.5 Å². The molecule has 2 aromatic heterocycles. The van der Waals surface area contributed by atoms with Crippen molar-refractivity contribution in [3.05, 3.63) is 78.1 Å². The molecule has 0 saturated carbocycles. The summed E-state index contributed by atoms with van der Waals surface area (Å²) in [5, 5.41) is 15.9. The Kier molecular flexibility index (Phi) is 7.50. The van der Waals surface area contributed by atoms with Crippen molar-refractivity contribution in [1.82, 2.24) is 29.4 Å². The van der Waals surface area contributed by atoms with Crippen LogP contribution in [0.4, 0.5) is 5.82 Å². The quantitative estimate of drug-likeness (QED) is 0.286. The van der Waals surface area contributed by atoms with Crippen LogP contribution < -0.4 is 10.5 Å². The van der Waals surface area contributed by atoms with Crippen LogP contribution in [0.15, 0.2) is 66.3 Å². The topological polar surface area (TPSA) is 139 Å². The van der Waals surface area contributed by atoms with Crippen molar-refractivity contribution in [2.45, 2.75) is 50.4 Å². The van der Waals surface area contributed by atoms with Gasteiger partial charge in [0, 0.05) is 25.2 Å². The second kappa shape index (κ2) is 10.9. The summed E-state index contributed by atoms with van der Waals surface area (Å²) in [5.74, 6) is 0.338. The Labute approximate surface area is 228 Å². The highest BCUT2D eigenvalue weighted by molar-refractivity contribution is 7.89. The maximum atomic E-state index is 12.9. The largest absolute Gasteiger partial charge is 0.383 e. The third kappa shape index (κ3) is 5.44. The van der Waals surface area contributed by atoms with E-state index in [0.717, 1.165) is 36.1 Å². The van der Waals surface area contributed by atoms with Gasteiger partial charge in [0.05, 0.1) is 16.3 Å². The van der Waals surface area contributed by atoms with E-state index in [1.807, 2.05) is 52.9 Å². The number of likely N-dealkylation sites (tertiary alicyclic amines) is 1. The van der Waals surface area contributed by atoms with Crippen LogP contribution in [0.3, 0.4) is 0 Å². The second-order valence-corrected chi connectivity index (χ2v) is 11.7. The minimum absolute atomic E-state index is 0.00217. The van der Waals surface area contributed by atoms with Gasteiger partial charge in [-0.25, -0.2) is 27.8 Å². The van der Waals surface area contributed by atoms with E-state index in [-0.39, 0.29) is 17.5 Å². The molecule has 4 aromatic rings. The first-order chi connectivity index (χ1) is 18.7. The summed E-state index contributed by atoms with van der Waals surface area (Å²) in [7, 11) is -3.66. The maximum Gasteiger partial charge on any atom is 0.241 e. The molecular weight excluding hydrogens is 514 g/mol. The molecule has 0 bridgehead atoms. The number of aromatic nitrogens is 4. The number of anilines is 1. The Morgan fingerprint density at radius 3 is 2.72 bits per heavy atom. The molecule has 0 radical (unpaired) electrons. The molecule has 1 fully saturated rings. The summed E-state index contributed by atoms with van der Waals surface area (Å²) in [4.78, 5) is 10.9. The zero-order chi connectivity index (χ0) is 27.7. The Morgan fingerprint density at radius 2 is 1.97 bits per heavy atom. The summed E-state index contributed by atoms with van der Waals surface area (Å²) in [6.07, 6.45) is 4.04. The lowest BCUT2D eigenvalue weighted by Gasteiger charge is -2.34. The number of sulfonamides is 1. The molecule has 1 saturated heterocycles. The van der Waals surface area contributed by atoms with Crippen molar-refractivity contribution in [1.29, 1.82) is 0 Å². The second-order valence-electron chi connectivity index (χ2n) is 9.98. The van der Waals surface area contributed by atoms with Gasteiger partial charge < -0.3 is 10.8 Å². The molecule has 204 valence electrons. The first kappa shape index (κ1) is 26.9. The fraction of sp³-hybridized carbons (Fsp3) is 0.321. The number of nitrogen functional groups attached to an aromatic ring is 1. The normalized spacial score (nSPS) is 17.4. The Morgan fingerprint density at radius 1 is 1.21 bits per heavy atom. The lowest BCUT2D eigenvalue weighted by molar-refractivity contribution is 0.0127.